The van der Waals surface area contributed by atoms with E-state index in [-0.39, 0.29) is 0 Å². The number of nitrogens with zero attached hydrogens (tertiary/aromatic N) is 6. The van der Waals surface area contributed by atoms with Crippen LogP contribution in [0.5, 0.6) is 0 Å². The number of fused-ring (bicyclic) bond motifs is 1. The Morgan fingerprint density at radius 3 is 2.58 bits per heavy atom. The molecule has 1 fully saturated rings. The minimum absolute atomic E-state index is 0.887. The summed E-state index contributed by atoms with van der Waals surface area (Å²) in [5, 5.41) is 0. The topological polar surface area (TPSA) is 49.6 Å². The molecule has 0 amide bonds. The van der Waals surface area contributed by atoms with Gasteiger partial charge in [0, 0.05) is 61.6 Å². The lowest BCUT2D eigenvalue weighted by atomic mass is 9.96. The van der Waals surface area contributed by atoms with Crippen molar-refractivity contribution < 1.29 is 0 Å². The Bertz CT molecular complexity index is 1340. The van der Waals surface area contributed by atoms with E-state index < -0.39 is 0 Å². The van der Waals surface area contributed by atoms with E-state index in [1.807, 2.05) is 42.0 Å². The van der Waals surface area contributed by atoms with Crippen LogP contribution in [0.25, 0.3) is 28.4 Å². The lowest BCUT2D eigenvalue weighted by molar-refractivity contribution is 0.312. The Morgan fingerprint density at radius 1 is 0.970 bits per heavy atom. The van der Waals surface area contributed by atoms with Crippen LogP contribution in [-0.4, -0.2) is 57.5 Å². The normalized spacial score (nSPS) is 14.5. The van der Waals surface area contributed by atoms with Crippen LogP contribution in [-0.2, 0) is 0 Å². The zero-order chi connectivity index (χ0) is 22.9. The van der Waals surface area contributed by atoms with E-state index in [1.54, 1.807) is 6.08 Å². The van der Waals surface area contributed by atoms with Crippen LogP contribution in [0.2, 0.25) is 0 Å². The molecule has 0 N–H and O–H groups in total. The first-order valence-electron chi connectivity index (χ1n) is 11.2. The smallest absolute Gasteiger partial charge is 0.137 e. The van der Waals surface area contributed by atoms with Gasteiger partial charge in [-0.3, -0.25) is 9.38 Å². The number of aromatic nitrogens is 4. The molecule has 0 aromatic carbocycles. The van der Waals surface area contributed by atoms with Crippen molar-refractivity contribution in [3.63, 3.8) is 0 Å². The molecule has 6 nitrogen and oxygen atoms in total. The molecule has 1 aliphatic rings. The summed E-state index contributed by atoms with van der Waals surface area (Å²) in [6, 6.07) is 10.5. The summed E-state index contributed by atoms with van der Waals surface area (Å²) in [7, 11) is 2.16. The van der Waals surface area contributed by atoms with Gasteiger partial charge >= 0.3 is 0 Å². The van der Waals surface area contributed by atoms with E-state index in [2.05, 4.69) is 64.4 Å². The highest BCUT2D eigenvalue weighted by Crippen LogP contribution is 2.30. The highest BCUT2D eigenvalue weighted by Gasteiger charge is 2.16. The molecular weight excluding hydrogens is 408 g/mol. The van der Waals surface area contributed by atoms with Crippen LogP contribution in [0.4, 0.5) is 5.82 Å². The molecule has 0 atom stereocenters. The summed E-state index contributed by atoms with van der Waals surface area (Å²) in [6.07, 6.45) is 9.52. The van der Waals surface area contributed by atoms with Crippen molar-refractivity contribution in [2.45, 2.75) is 6.92 Å². The van der Waals surface area contributed by atoms with Gasteiger partial charge in [-0.1, -0.05) is 13.2 Å². The number of imidazole rings is 1. The maximum Gasteiger partial charge on any atom is 0.137 e. The van der Waals surface area contributed by atoms with E-state index >= 15 is 0 Å². The van der Waals surface area contributed by atoms with Crippen molar-refractivity contribution in [2.24, 2.45) is 0 Å². The molecule has 4 aromatic heterocycles. The lowest BCUT2D eigenvalue weighted by Gasteiger charge is -2.33. The molecule has 0 aliphatic carbocycles. The molecule has 1 aliphatic heterocycles. The monoisotopic (exact) mass is 436 g/mol. The highest BCUT2D eigenvalue weighted by atomic mass is 15.3. The second-order valence-corrected chi connectivity index (χ2v) is 8.56. The first kappa shape index (κ1) is 21.1. The summed E-state index contributed by atoms with van der Waals surface area (Å²) < 4.78 is 2.03. The van der Waals surface area contributed by atoms with Gasteiger partial charge in [-0.05, 0) is 67.1 Å². The third-order valence-corrected chi connectivity index (χ3v) is 6.41. The first-order chi connectivity index (χ1) is 16.0. The van der Waals surface area contributed by atoms with E-state index in [1.165, 1.54) is 0 Å². The van der Waals surface area contributed by atoms with E-state index in [9.17, 15) is 0 Å². The number of aryl methyl sites for hydroxylation is 1. The second kappa shape index (κ2) is 8.64. The van der Waals surface area contributed by atoms with E-state index in [0.717, 1.165) is 76.9 Å². The molecule has 5 rings (SSSR count). The molecule has 0 unspecified atom stereocenters. The molecule has 6 heteroatoms. The number of piperazine rings is 1. The minimum atomic E-state index is 0.887. The Hall–Kier alpha value is -3.77. The number of likely N-dealkylation sites (N-methyl/N-ethyl adjacent to an activating group) is 1. The van der Waals surface area contributed by atoms with Gasteiger partial charge in [-0.15, -0.1) is 0 Å². The van der Waals surface area contributed by atoms with Gasteiger partial charge in [0.1, 0.15) is 11.5 Å². The van der Waals surface area contributed by atoms with Gasteiger partial charge in [-0.2, -0.15) is 0 Å². The van der Waals surface area contributed by atoms with Crippen LogP contribution in [0.15, 0.2) is 68.3 Å². The molecule has 1 saturated heterocycles. The van der Waals surface area contributed by atoms with Gasteiger partial charge in [0.15, 0.2) is 0 Å². The number of hydrogen-bond acceptors (Lipinski definition) is 5. The zero-order valence-corrected chi connectivity index (χ0v) is 19.2. The van der Waals surface area contributed by atoms with Crippen LogP contribution in [0.3, 0.4) is 0 Å². The van der Waals surface area contributed by atoms with Crippen molar-refractivity contribution in [2.75, 3.05) is 38.1 Å². The molecule has 0 saturated carbocycles. The quantitative estimate of drug-likeness (QED) is 0.459. The van der Waals surface area contributed by atoms with Gasteiger partial charge < -0.3 is 9.80 Å². The molecular formula is C27H28N6. The Morgan fingerprint density at radius 2 is 1.79 bits per heavy atom. The Labute approximate surface area is 194 Å². The summed E-state index contributed by atoms with van der Waals surface area (Å²) in [5.74, 6) is 1.02. The van der Waals surface area contributed by atoms with Gasteiger partial charge in [0.05, 0.1) is 11.9 Å². The summed E-state index contributed by atoms with van der Waals surface area (Å²) >= 11 is 0. The molecule has 166 valence electrons. The Kier molecular flexibility index (Phi) is 5.52. The van der Waals surface area contributed by atoms with Crippen LogP contribution >= 0.6 is 0 Å². The first-order valence-corrected chi connectivity index (χ1v) is 11.2. The SMILES string of the molecule is C=Cc1cnc2ccc(C(=C)c3cc(-c4ccnc(N5CCN(C)CC5)c4)cnc3C)cn12. The summed E-state index contributed by atoms with van der Waals surface area (Å²) in [6.45, 7) is 14.4. The molecule has 0 radical (unpaired) electrons. The fourth-order valence-electron chi connectivity index (χ4n) is 4.29. The van der Waals surface area contributed by atoms with Gasteiger partial charge in [0.2, 0.25) is 0 Å². The Balaban J connectivity index is 1.48. The highest BCUT2D eigenvalue weighted by molar-refractivity contribution is 5.82. The maximum absolute atomic E-state index is 4.70. The number of rotatable bonds is 5. The fraction of sp³-hybridized carbons (Fsp3) is 0.222. The predicted octanol–water partition coefficient (Wildman–Crippen LogP) is 4.56. The number of hydrogen-bond donors (Lipinski definition) is 0. The molecule has 0 spiro atoms. The van der Waals surface area contributed by atoms with Crippen LogP contribution < -0.4 is 4.90 Å². The molecule has 33 heavy (non-hydrogen) atoms. The standard InChI is InChI=1S/C27H28N6/c1-5-24-17-30-26-7-6-22(18-33(24)26)19(2)25-14-23(16-29-20(25)3)21-8-9-28-27(15-21)32-12-10-31(4)11-13-32/h5-9,14-18H,1-2,10-13H2,3-4H3. The molecule has 0 bridgehead atoms. The van der Waals surface area contributed by atoms with Crippen LogP contribution in [0.1, 0.15) is 22.5 Å². The van der Waals surface area contributed by atoms with E-state index in [0.29, 0.717) is 0 Å². The van der Waals surface area contributed by atoms with Crippen molar-refractivity contribution in [3.05, 3.63) is 90.8 Å². The number of anilines is 1. The average molecular weight is 437 g/mol. The zero-order valence-electron chi connectivity index (χ0n) is 19.2. The fourth-order valence-corrected chi connectivity index (χ4v) is 4.29. The molecule has 4 aromatic rings. The third-order valence-electron chi connectivity index (χ3n) is 6.41. The van der Waals surface area contributed by atoms with Gasteiger partial charge in [0.25, 0.3) is 0 Å². The van der Waals surface area contributed by atoms with Gasteiger partial charge in [-0.25, -0.2) is 9.97 Å². The molecule has 5 heterocycles. The minimum Gasteiger partial charge on any atom is -0.354 e. The average Bonchev–Trinajstić information content (AvgIpc) is 3.27. The lowest BCUT2D eigenvalue weighted by Crippen LogP contribution is -2.44. The number of pyridine rings is 3. The van der Waals surface area contributed by atoms with Crippen molar-refractivity contribution in [1.82, 2.24) is 24.3 Å². The van der Waals surface area contributed by atoms with Crippen molar-refractivity contribution >= 4 is 23.1 Å². The van der Waals surface area contributed by atoms with Crippen molar-refractivity contribution in [3.8, 4) is 11.1 Å². The van der Waals surface area contributed by atoms with E-state index in [4.69, 9.17) is 4.98 Å². The maximum atomic E-state index is 4.70. The van der Waals surface area contributed by atoms with Crippen molar-refractivity contribution in [1.29, 1.82) is 0 Å². The summed E-state index contributed by atoms with van der Waals surface area (Å²) in [5.41, 5.74) is 7.95. The third kappa shape index (κ3) is 4.05. The summed E-state index contributed by atoms with van der Waals surface area (Å²) in [4.78, 5) is 18.5. The predicted molar refractivity (Wildman–Crippen MR) is 135 cm³/mol. The van der Waals surface area contributed by atoms with Crippen LogP contribution in [0, 0.1) is 6.92 Å². The second-order valence-electron chi connectivity index (χ2n) is 8.56. The largest absolute Gasteiger partial charge is 0.354 e.